The van der Waals surface area contributed by atoms with Gasteiger partial charge in [-0.25, -0.2) is 4.79 Å². The van der Waals surface area contributed by atoms with Gasteiger partial charge in [-0.3, -0.25) is 9.59 Å². The monoisotopic (exact) mass is 367 g/mol. The Morgan fingerprint density at radius 2 is 1.70 bits per heavy atom. The molecule has 1 N–H and O–H groups in total. The number of hydrogen-bond donors (Lipinski definition) is 1. The van der Waals surface area contributed by atoms with E-state index in [0.717, 1.165) is 6.26 Å². The van der Waals surface area contributed by atoms with E-state index in [-0.39, 0.29) is 18.1 Å². The number of rotatable bonds is 6. The van der Waals surface area contributed by atoms with Crippen LogP contribution in [0.2, 0.25) is 0 Å². The number of hydrogen-bond acceptors (Lipinski definition) is 6. The molecule has 1 amide bonds. The van der Waals surface area contributed by atoms with Crippen molar-refractivity contribution in [2.75, 3.05) is 25.1 Å². The van der Waals surface area contributed by atoms with Crippen LogP contribution >= 0.6 is 0 Å². The average molecular weight is 367 g/mol. The van der Waals surface area contributed by atoms with Crippen molar-refractivity contribution in [3.63, 3.8) is 0 Å². The van der Waals surface area contributed by atoms with Crippen molar-refractivity contribution < 1.29 is 28.6 Å². The zero-order chi connectivity index (χ0) is 19.1. The molecule has 0 aromatic heterocycles. The fraction of sp³-hybridized carbons (Fsp3) is 0.150. The molecule has 0 saturated carbocycles. The highest BCUT2D eigenvalue weighted by molar-refractivity contribution is 6.13. The smallest absolute Gasteiger partial charge is 0.377 e. The number of amides is 1. The van der Waals surface area contributed by atoms with Gasteiger partial charge in [-0.15, -0.1) is 0 Å². The Hall–Kier alpha value is -3.61. The molecule has 27 heavy (non-hydrogen) atoms. The molecule has 2 aromatic rings. The summed E-state index contributed by atoms with van der Waals surface area (Å²) in [7, 11) is 0. The van der Waals surface area contributed by atoms with Crippen LogP contribution in [0.4, 0.5) is 5.69 Å². The van der Waals surface area contributed by atoms with Gasteiger partial charge >= 0.3 is 5.97 Å². The number of ketones is 1. The topological polar surface area (TPSA) is 90.9 Å². The van der Waals surface area contributed by atoms with Crippen LogP contribution in [0.15, 0.2) is 66.6 Å². The van der Waals surface area contributed by atoms with Crippen molar-refractivity contribution in [3.05, 3.63) is 77.7 Å². The van der Waals surface area contributed by atoms with E-state index in [9.17, 15) is 14.4 Å². The maximum absolute atomic E-state index is 12.6. The van der Waals surface area contributed by atoms with Crippen LogP contribution in [0.1, 0.15) is 15.9 Å². The molecule has 1 heterocycles. The molecule has 138 valence electrons. The molecule has 2 aromatic carbocycles. The fourth-order valence-electron chi connectivity index (χ4n) is 2.40. The van der Waals surface area contributed by atoms with Crippen LogP contribution in [-0.4, -0.2) is 37.5 Å². The number of carbonyl (C=O) groups is 3. The van der Waals surface area contributed by atoms with E-state index in [0.29, 0.717) is 23.4 Å². The number of nitrogens with one attached hydrogen (secondary N) is 1. The Morgan fingerprint density at radius 1 is 0.963 bits per heavy atom. The summed E-state index contributed by atoms with van der Waals surface area (Å²) in [5, 5.41) is 2.59. The zero-order valence-corrected chi connectivity index (χ0v) is 14.3. The molecular weight excluding hydrogens is 350 g/mol. The highest BCUT2D eigenvalue weighted by atomic mass is 16.6. The molecule has 0 spiro atoms. The predicted octanol–water partition coefficient (Wildman–Crippen LogP) is 2.29. The Kier molecular flexibility index (Phi) is 5.84. The minimum Gasteiger partial charge on any atom is -0.493 e. The molecule has 1 aliphatic rings. The van der Waals surface area contributed by atoms with E-state index >= 15 is 0 Å². The lowest BCUT2D eigenvalue weighted by Crippen LogP contribution is -2.24. The summed E-state index contributed by atoms with van der Waals surface area (Å²) in [6.45, 7) is 0.0684. The summed E-state index contributed by atoms with van der Waals surface area (Å²) in [5.74, 6) is -1.68. The summed E-state index contributed by atoms with van der Waals surface area (Å²) < 4.78 is 14.9. The van der Waals surface area contributed by atoms with Gasteiger partial charge in [0.2, 0.25) is 5.76 Å². The predicted molar refractivity (Wildman–Crippen MR) is 95.9 cm³/mol. The van der Waals surface area contributed by atoms with Gasteiger partial charge in [0.1, 0.15) is 19.5 Å². The van der Waals surface area contributed by atoms with Crippen molar-refractivity contribution in [1.82, 2.24) is 0 Å². The number of ether oxygens (including phenoxy) is 3. The molecule has 0 bridgehead atoms. The Bertz CT molecular complexity index is 875. The summed E-state index contributed by atoms with van der Waals surface area (Å²) in [6, 6.07) is 15.4. The number of para-hydroxylation sites is 1. The lowest BCUT2D eigenvalue weighted by Gasteiger charge is -2.14. The van der Waals surface area contributed by atoms with Gasteiger partial charge in [-0.05, 0) is 12.1 Å². The summed E-state index contributed by atoms with van der Waals surface area (Å²) in [5.41, 5.74) is 1.19. The second-order valence-corrected chi connectivity index (χ2v) is 5.57. The molecule has 7 heteroatoms. The number of esters is 1. The van der Waals surface area contributed by atoms with Gasteiger partial charge in [0, 0.05) is 11.1 Å². The minimum atomic E-state index is -0.793. The second-order valence-electron chi connectivity index (χ2n) is 5.57. The van der Waals surface area contributed by atoms with Crippen molar-refractivity contribution in [2.24, 2.45) is 0 Å². The van der Waals surface area contributed by atoms with Crippen molar-refractivity contribution in [2.45, 2.75) is 0 Å². The maximum atomic E-state index is 12.6. The molecule has 0 atom stereocenters. The first kappa shape index (κ1) is 18.2. The fourth-order valence-corrected chi connectivity index (χ4v) is 2.40. The van der Waals surface area contributed by atoms with Crippen LogP contribution in [0.3, 0.4) is 0 Å². The maximum Gasteiger partial charge on any atom is 0.377 e. The van der Waals surface area contributed by atoms with Crippen LogP contribution in [0.25, 0.3) is 0 Å². The van der Waals surface area contributed by atoms with E-state index in [2.05, 4.69) is 5.32 Å². The first-order valence-corrected chi connectivity index (χ1v) is 8.25. The Morgan fingerprint density at radius 3 is 2.44 bits per heavy atom. The standard InChI is InChI=1S/C20H17NO6/c22-18(13-27-20(24)17-12-25-10-11-26-17)21-16-9-5-4-8-15(16)19(23)14-6-2-1-3-7-14/h1-9,12H,10-11,13H2,(H,21,22). The summed E-state index contributed by atoms with van der Waals surface area (Å²) in [4.78, 5) is 36.6. The van der Waals surface area contributed by atoms with Crippen molar-refractivity contribution in [1.29, 1.82) is 0 Å². The van der Waals surface area contributed by atoms with Gasteiger partial charge in [0.25, 0.3) is 5.91 Å². The Labute approximate surface area is 155 Å². The number of anilines is 1. The van der Waals surface area contributed by atoms with Crippen LogP contribution < -0.4 is 5.32 Å². The quantitative estimate of drug-likeness (QED) is 0.622. The molecule has 1 aliphatic heterocycles. The lowest BCUT2D eigenvalue weighted by molar-refractivity contribution is -0.148. The normalized spacial score (nSPS) is 12.8. The molecule has 7 nitrogen and oxygen atoms in total. The third-order valence-electron chi connectivity index (χ3n) is 3.67. The van der Waals surface area contributed by atoms with Crippen LogP contribution in [-0.2, 0) is 23.8 Å². The third-order valence-corrected chi connectivity index (χ3v) is 3.67. The molecule has 0 radical (unpaired) electrons. The number of carbonyl (C=O) groups excluding carboxylic acids is 3. The van der Waals surface area contributed by atoms with E-state index in [1.807, 2.05) is 6.07 Å². The highest BCUT2D eigenvalue weighted by Gasteiger charge is 2.19. The van der Waals surface area contributed by atoms with E-state index in [4.69, 9.17) is 14.2 Å². The van der Waals surface area contributed by atoms with Gasteiger partial charge in [0.15, 0.2) is 12.4 Å². The second kappa shape index (κ2) is 8.66. The molecule has 3 rings (SSSR count). The number of benzene rings is 2. The summed E-state index contributed by atoms with van der Waals surface area (Å²) >= 11 is 0. The van der Waals surface area contributed by atoms with Gasteiger partial charge in [-0.1, -0.05) is 42.5 Å². The van der Waals surface area contributed by atoms with Gasteiger partial charge in [0.05, 0.1) is 5.69 Å². The van der Waals surface area contributed by atoms with E-state index in [1.54, 1.807) is 48.5 Å². The van der Waals surface area contributed by atoms with Gasteiger partial charge in [-0.2, -0.15) is 0 Å². The third kappa shape index (κ3) is 4.72. The average Bonchev–Trinajstić information content (AvgIpc) is 2.73. The van der Waals surface area contributed by atoms with E-state index in [1.165, 1.54) is 0 Å². The van der Waals surface area contributed by atoms with Crippen molar-refractivity contribution in [3.8, 4) is 0 Å². The molecule has 0 aliphatic carbocycles. The van der Waals surface area contributed by atoms with Crippen LogP contribution in [0, 0.1) is 0 Å². The first-order valence-electron chi connectivity index (χ1n) is 8.25. The molecular formula is C20H17NO6. The first-order chi connectivity index (χ1) is 13.1. The minimum absolute atomic E-state index is 0.0892. The van der Waals surface area contributed by atoms with Gasteiger partial charge < -0.3 is 19.5 Å². The van der Waals surface area contributed by atoms with Crippen molar-refractivity contribution >= 4 is 23.3 Å². The summed E-state index contributed by atoms with van der Waals surface area (Å²) in [6.07, 6.45) is 1.15. The zero-order valence-electron chi connectivity index (χ0n) is 14.3. The molecule has 0 unspecified atom stereocenters. The van der Waals surface area contributed by atoms with E-state index < -0.39 is 18.5 Å². The molecule has 0 fully saturated rings. The lowest BCUT2D eigenvalue weighted by atomic mass is 10.0. The largest absolute Gasteiger partial charge is 0.493 e. The highest BCUT2D eigenvalue weighted by Crippen LogP contribution is 2.19. The van der Waals surface area contributed by atoms with Crippen LogP contribution in [0.5, 0.6) is 0 Å². The molecule has 0 saturated heterocycles. The SMILES string of the molecule is O=C(COC(=O)C1=COCCO1)Nc1ccccc1C(=O)c1ccccc1. The Balaban J connectivity index is 1.64.